The van der Waals surface area contributed by atoms with Gasteiger partial charge in [0.15, 0.2) is 17.3 Å². The van der Waals surface area contributed by atoms with Gasteiger partial charge in [-0.1, -0.05) is 12.1 Å². The van der Waals surface area contributed by atoms with Gasteiger partial charge in [-0.3, -0.25) is 9.59 Å². The number of methoxy groups -OCH3 is 2. The Morgan fingerprint density at radius 1 is 1.21 bits per heavy atom. The van der Waals surface area contributed by atoms with Crippen molar-refractivity contribution >= 4 is 23.0 Å². The van der Waals surface area contributed by atoms with E-state index >= 15 is 0 Å². The van der Waals surface area contributed by atoms with Gasteiger partial charge in [0, 0.05) is 0 Å². The largest absolute Gasteiger partial charge is 0.503 e. The lowest BCUT2D eigenvalue weighted by molar-refractivity contribution is -0.857. The first kappa shape index (κ1) is 20.9. The minimum Gasteiger partial charge on any atom is -0.503 e. The number of likely N-dealkylation sites (N-methyl/N-ethyl adjacent to an activating group) is 1. The monoisotopic (exact) mass is 417 g/mol. The van der Waals surface area contributed by atoms with Crippen molar-refractivity contribution in [3.05, 3.63) is 57.5 Å². The smallest absolute Gasteiger partial charge is 0.290 e. The van der Waals surface area contributed by atoms with Crippen LogP contribution in [-0.2, 0) is 4.79 Å². The normalized spacial score (nSPS) is 16.7. The van der Waals surface area contributed by atoms with Gasteiger partial charge in [0.1, 0.15) is 0 Å². The average Bonchev–Trinajstić information content (AvgIpc) is 3.33. The second kappa shape index (κ2) is 8.67. The number of carbonyl (C=O) groups is 2. The van der Waals surface area contributed by atoms with Gasteiger partial charge >= 0.3 is 0 Å². The van der Waals surface area contributed by atoms with Gasteiger partial charge in [0.05, 0.1) is 57.9 Å². The molecule has 1 aliphatic heterocycles. The highest BCUT2D eigenvalue weighted by atomic mass is 32.1. The summed E-state index contributed by atoms with van der Waals surface area (Å²) in [7, 11) is 7.04. The van der Waals surface area contributed by atoms with E-state index in [2.05, 4.69) is 0 Å². The summed E-state index contributed by atoms with van der Waals surface area (Å²) in [6, 6.07) is 8.02. The molecule has 7 nitrogen and oxygen atoms in total. The third-order valence-electron chi connectivity index (χ3n) is 4.87. The van der Waals surface area contributed by atoms with Gasteiger partial charge in [-0.25, -0.2) is 0 Å². The van der Waals surface area contributed by atoms with Crippen molar-refractivity contribution in [3.63, 3.8) is 0 Å². The van der Waals surface area contributed by atoms with E-state index in [0.717, 1.165) is 4.90 Å². The quantitative estimate of drug-likeness (QED) is 0.636. The Bertz CT molecular complexity index is 937. The Hall–Kier alpha value is -2.84. The number of rotatable bonds is 8. The standard InChI is InChI=1S/C21H24N2O5S/c1-22(2)9-10-23-18(13-7-8-14(27-3)15(12-13)28-4)17(20(25)21(23)26)19(24)16-6-5-11-29-16/h5-8,11-12,18,25H,9-10H2,1-4H3/p+1/t18-/m1/s1. The summed E-state index contributed by atoms with van der Waals surface area (Å²) < 4.78 is 10.7. The molecule has 154 valence electrons. The minimum absolute atomic E-state index is 0.0958. The van der Waals surface area contributed by atoms with Gasteiger partial charge in [0.2, 0.25) is 5.78 Å². The SMILES string of the molecule is COc1ccc([C@@H]2C(C(=O)c3cccs3)=C(O)C(=O)N2CC[NH+](C)C)cc1OC. The third-order valence-corrected chi connectivity index (χ3v) is 5.74. The Morgan fingerprint density at radius 2 is 1.93 bits per heavy atom. The van der Waals surface area contributed by atoms with E-state index in [0.29, 0.717) is 35.0 Å². The van der Waals surface area contributed by atoms with E-state index in [1.165, 1.54) is 18.4 Å². The Kier molecular flexibility index (Phi) is 6.24. The van der Waals surface area contributed by atoms with Crippen LogP contribution in [0.4, 0.5) is 0 Å². The average molecular weight is 418 g/mol. The molecular formula is C21H25N2O5S+. The fourth-order valence-corrected chi connectivity index (χ4v) is 4.05. The minimum atomic E-state index is -0.698. The van der Waals surface area contributed by atoms with Crippen molar-refractivity contribution in [3.8, 4) is 11.5 Å². The maximum Gasteiger partial charge on any atom is 0.290 e. The predicted molar refractivity (Wildman–Crippen MR) is 110 cm³/mol. The van der Waals surface area contributed by atoms with Crippen LogP contribution in [0.25, 0.3) is 0 Å². The number of Topliss-reactive ketones (excluding diaryl/α,β-unsaturated/α-hetero) is 1. The molecule has 0 radical (unpaired) electrons. The van der Waals surface area contributed by atoms with Crippen LogP contribution < -0.4 is 14.4 Å². The van der Waals surface area contributed by atoms with E-state index in [1.807, 2.05) is 14.1 Å². The molecule has 0 bridgehead atoms. The number of thiophene rings is 1. The molecule has 1 aliphatic rings. The van der Waals surface area contributed by atoms with E-state index in [1.54, 1.807) is 47.7 Å². The van der Waals surface area contributed by atoms with Crippen LogP contribution in [0.3, 0.4) is 0 Å². The molecule has 1 amide bonds. The van der Waals surface area contributed by atoms with Crippen LogP contribution in [-0.4, -0.2) is 63.1 Å². The first-order valence-electron chi connectivity index (χ1n) is 9.22. The van der Waals surface area contributed by atoms with Crippen LogP contribution in [0.5, 0.6) is 11.5 Å². The summed E-state index contributed by atoms with van der Waals surface area (Å²) >= 11 is 1.28. The highest BCUT2D eigenvalue weighted by Gasteiger charge is 2.44. The van der Waals surface area contributed by atoms with Gasteiger partial charge in [-0.05, 0) is 29.1 Å². The van der Waals surface area contributed by atoms with Crippen LogP contribution in [0.15, 0.2) is 47.0 Å². The molecule has 8 heteroatoms. The Labute approximate surface area is 173 Å². The molecule has 0 fully saturated rings. The number of carbonyl (C=O) groups excluding carboxylic acids is 2. The number of amides is 1. The molecule has 0 spiro atoms. The second-order valence-electron chi connectivity index (χ2n) is 7.04. The second-order valence-corrected chi connectivity index (χ2v) is 7.99. The molecule has 0 saturated carbocycles. The molecule has 1 atom stereocenters. The summed E-state index contributed by atoms with van der Waals surface area (Å²) in [5, 5.41) is 12.4. The fourth-order valence-electron chi connectivity index (χ4n) is 3.37. The summed E-state index contributed by atoms with van der Waals surface area (Å²) in [4.78, 5) is 29.2. The van der Waals surface area contributed by atoms with Gasteiger partial charge in [-0.15, -0.1) is 11.3 Å². The maximum atomic E-state index is 13.2. The van der Waals surface area contributed by atoms with Crippen molar-refractivity contribution in [2.24, 2.45) is 0 Å². The lowest BCUT2D eigenvalue weighted by atomic mass is 9.95. The Morgan fingerprint density at radius 3 is 2.52 bits per heavy atom. The number of nitrogens with one attached hydrogen (secondary N) is 1. The molecule has 2 N–H and O–H groups in total. The summed E-state index contributed by atoms with van der Waals surface area (Å²) in [5.74, 6) is -0.331. The summed E-state index contributed by atoms with van der Waals surface area (Å²) in [5.41, 5.74) is 0.770. The maximum absolute atomic E-state index is 13.2. The van der Waals surface area contributed by atoms with Gasteiger partial charge < -0.3 is 24.4 Å². The van der Waals surface area contributed by atoms with E-state index < -0.39 is 17.7 Å². The van der Waals surface area contributed by atoms with Crippen molar-refractivity contribution in [2.75, 3.05) is 41.4 Å². The molecule has 3 rings (SSSR count). The number of quaternary nitrogens is 1. The highest BCUT2D eigenvalue weighted by molar-refractivity contribution is 7.12. The summed E-state index contributed by atoms with van der Waals surface area (Å²) in [6.07, 6.45) is 0. The molecule has 2 aromatic rings. The van der Waals surface area contributed by atoms with Crippen molar-refractivity contribution < 1.29 is 29.1 Å². The van der Waals surface area contributed by atoms with Gasteiger partial charge in [-0.2, -0.15) is 0 Å². The lowest BCUT2D eigenvalue weighted by Crippen LogP contribution is -3.06. The fraction of sp³-hybridized carbons (Fsp3) is 0.333. The zero-order valence-electron chi connectivity index (χ0n) is 16.9. The number of nitrogens with zero attached hydrogens (tertiary/aromatic N) is 1. The van der Waals surface area contributed by atoms with Crippen LogP contribution >= 0.6 is 11.3 Å². The molecule has 0 aliphatic carbocycles. The Balaban J connectivity index is 2.10. The third kappa shape index (κ3) is 3.99. The molecular weight excluding hydrogens is 392 g/mol. The number of ketones is 1. The van der Waals surface area contributed by atoms with Crippen LogP contribution in [0.2, 0.25) is 0 Å². The summed E-state index contributed by atoms with van der Waals surface area (Å²) in [6.45, 7) is 1.06. The predicted octanol–water partition coefficient (Wildman–Crippen LogP) is 1.49. The topological polar surface area (TPSA) is 80.5 Å². The molecule has 0 unspecified atom stereocenters. The molecule has 1 aromatic heterocycles. The lowest BCUT2D eigenvalue weighted by Gasteiger charge is -2.27. The zero-order chi connectivity index (χ0) is 21.1. The first-order valence-corrected chi connectivity index (χ1v) is 10.1. The number of hydrogen-bond acceptors (Lipinski definition) is 6. The molecule has 1 aromatic carbocycles. The van der Waals surface area contributed by atoms with E-state index in [9.17, 15) is 14.7 Å². The van der Waals surface area contributed by atoms with Crippen LogP contribution in [0.1, 0.15) is 21.3 Å². The van der Waals surface area contributed by atoms with Crippen molar-refractivity contribution in [1.82, 2.24) is 4.90 Å². The van der Waals surface area contributed by atoms with Crippen LogP contribution in [0, 0.1) is 0 Å². The zero-order valence-corrected chi connectivity index (χ0v) is 17.7. The number of benzene rings is 1. The number of aliphatic hydroxyl groups excluding tert-OH is 1. The number of aliphatic hydroxyl groups is 1. The van der Waals surface area contributed by atoms with E-state index in [4.69, 9.17) is 9.47 Å². The first-order chi connectivity index (χ1) is 13.9. The molecule has 29 heavy (non-hydrogen) atoms. The van der Waals surface area contributed by atoms with E-state index in [-0.39, 0.29) is 11.4 Å². The van der Waals surface area contributed by atoms with Crippen molar-refractivity contribution in [2.45, 2.75) is 6.04 Å². The van der Waals surface area contributed by atoms with Gasteiger partial charge in [0.25, 0.3) is 5.91 Å². The molecule has 0 saturated heterocycles. The highest BCUT2D eigenvalue weighted by Crippen LogP contribution is 2.41. The number of hydrogen-bond donors (Lipinski definition) is 2. The number of ether oxygens (including phenoxy) is 2. The molecule has 2 heterocycles. The van der Waals surface area contributed by atoms with Crippen molar-refractivity contribution in [1.29, 1.82) is 0 Å².